The van der Waals surface area contributed by atoms with Crippen LogP contribution in [0.1, 0.15) is 38.5 Å². The number of carboxylic acid groups (broad SMARTS) is 1. The number of amides is 1. The van der Waals surface area contributed by atoms with E-state index in [-0.39, 0.29) is 12.3 Å². The standard InChI is InChI=1S/C11H20N2O3/c14-10(4-1-5-11(15)16)13-8-6-9-3-2-7-12-9/h9,12H,1-8H2,(H,13,14)(H,15,16)/t9-/m1/s1. The van der Waals surface area contributed by atoms with Gasteiger partial charge in [0, 0.05) is 25.4 Å². The Labute approximate surface area is 95.6 Å². The third kappa shape index (κ3) is 5.70. The highest BCUT2D eigenvalue weighted by molar-refractivity contribution is 5.76. The molecule has 1 amide bonds. The molecule has 1 fully saturated rings. The first-order chi connectivity index (χ1) is 7.68. The Balaban J connectivity index is 1.95. The van der Waals surface area contributed by atoms with Crippen LogP contribution in [0.5, 0.6) is 0 Å². The maximum absolute atomic E-state index is 11.3. The smallest absolute Gasteiger partial charge is 0.303 e. The van der Waals surface area contributed by atoms with E-state index in [0.717, 1.165) is 13.0 Å². The molecule has 1 saturated heterocycles. The highest BCUT2D eigenvalue weighted by atomic mass is 16.4. The summed E-state index contributed by atoms with van der Waals surface area (Å²) < 4.78 is 0. The maximum Gasteiger partial charge on any atom is 0.303 e. The summed E-state index contributed by atoms with van der Waals surface area (Å²) in [5.74, 6) is -0.887. The molecule has 1 heterocycles. The van der Waals surface area contributed by atoms with E-state index in [0.29, 0.717) is 25.4 Å². The molecule has 1 aliphatic rings. The monoisotopic (exact) mass is 228 g/mol. The lowest BCUT2D eigenvalue weighted by molar-refractivity contribution is -0.137. The summed E-state index contributed by atoms with van der Waals surface area (Å²) in [6, 6.07) is 0.541. The molecule has 92 valence electrons. The molecule has 16 heavy (non-hydrogen) atoms. The summed E-state index contributed by atoms with van der Waals surface area (Å²) in [6.45, 7) is 1.76. The van der Waals surface area contributed by atoms with Crippen LogP contribution in [0.4, 0.5) is 0 Å². The van der Waals surface area contributed by atoms with Gasteiger partial charge in [0.05, 0.1) is 0 Å². The minimum Gasteiger partial charge on any atom is -0.481 e. The molecular formula is C11H20N2O3. The normalized spacial score (nSPS) is 19.6. The molecule has 0 aliphatic carbocycles. The van der Waals surface area contributed by atoms with Crippen molar-refractivity contribution in [2.24, 2.45) is 0 Å². The van der Waals surface area contributed by atoms with Crippen LogP contribution in [-0.2, 0) is 9.59 Å². The Kier molecular flexibility index (Phi) is 5.85. The lowest BCUT2D eigenvalue weighted by atomic mass is 10.1. The molecule has 1 aliphatic heterocycles. The van der Waals surface area contributed by atoms with Crippen molar-refractivity contribution in [1.82, 2.24) is 10.6 Å². The molecule has 0 bridgehead atoms. The van der Waals surface area contributed by atoms with Gasteiger partial charge in [-0.25, -0.2) is 0 Å². The van der Waals surface area contributed by atoms with Crippen LogP contribution in [0.25, 0.3) is 0 Å². The van der Waals surface area contributed by atoms with E-state index in [1.807, 2.05) is 0 Å². The first-order valence-electron chi connectivity index (χ1n) is 5.90. The molecule has 0 saturated carbocycles. The molecular weight excluding hydrogens is 208 g/mol. The Hall–Kier alpha value is -1.10. The summed E-state index contributed by atoms with van der Waals surface area (Å²) in [5, 5.41) is 14.6. The molecule has 0 spiro atoms. The predicted octanol–water partition coefficient (Wildman–Crippen LogP) is 0.500. The quantitative estimate of drug-likeness (QED) is 0.593. The van der Waals surface area contributed by atoms with Crippen LogP contribution < -0.4 is 10.6 Å². The number of hydrogen-bond donors (Lipinski definition) is 3. The van der Waals surface area contributed by atoms with Gasteiger partial charge >= 0.3 is 5.97 Å². The SMILES string of the molecule is O=C(O)CCCC(=O)NCC[C@H]1CCCN1. The van der Waals surface area contributed by atoms with Gasteiger partial charge in [0.15, 0.2) is 0 Å². The van der Waals surface area contributed by atoms with Crippen molar-refractivity contribution in [3.05, 3.63) is 0 Å². The van der Waals surface area contributed by atoms with Crippen LogP contribution in [-0.4, -0.2) is 36.1 Å². The van der Waals surface area contributed by atoms with Gasteiger partial charge in [0.1, 0.15) is 0 Å². The molecule has 3 N–H and O–H groups in total. The number of carbonyl (C=O) groups excluding carboxylic acids is 1. The fourth-order valence-corrected chi connectivity index (χ4v) is 1.88. The topological polar surface area (TPSA) is 78.4 Å². The van der Waals surface area contributed by atoms with Crippen molar-refractivity contribution >= 4 is 11.9 Å². The lowest BCUT2D eigenvalue weighted by Crippen LogP contribution is -2.30. The van der Waals surface area contributed by atoms with Gasteiger partial charge < -0.3 is 15.7 Å². The fraction of sp³-hybridized carbons (Fsp3) is 0.818. The van der Waals surface area contributed by atoms with Gasteiger partial charge in [-0.2, -0.15) is 0 Å². The van der Waals surface area contributed by atoms with Gasteiger partial charge in [-0.1, -0.05) is 0 Å². The van der Waals surface area contributed by atoms with Crippen LogP contribution in [0.15, 0.2) is 0 Å². The zero-order valence-electron chi connectivity index (χ0n) is 9.50. The zero-order valence-corrected chi connectivity index (χ0v) is 9.50. The minimum absolute atomic E-state index is 0.0424. The van der Waals surface area contributed by atoms with Crippen molar-refractivity contribution in [2.75, 3.05) is 13.1 Å². The van der Waals surface area contributed by atoms with Crippen molar-refractivity contribution in [1.29, 1.82) is 0 Å². The van der Waals surface area contributed by atoms with Gasteiger partial charge in [0.25, 0.3) is 0 Å². The lowest BCUT2D eigenvalue weighted by Gasteiger charge is -2.10. The van der Waals surface area contributed by atoms with E-state index in [4.69, 9.17) is 5.11 Å². The molecule has 0 aromatic carbocycles. The molecule has 1 rings (SSSR count). The zero-order chi connectivity index (χ0) is 11.8. The first kappa shape index (κ1) is 13.0. The molecule has 0 radical (unpaired) electrons. The fourth-order valence-electron chi connectivity index (χ4n) is 1.88. The van der Waals surface area contributed by atoms with Crippen molar-refractivity contribution in [3.8, 4) is 0 Å². The number of hydrogen-bond acceptors (Lipinski definition) is 3. The minimum atomic E-state index is -0.844. The predicted molar refractivity (Wildman–Crippen MR) is 60.1 cm³/mol. The number of carbonyl (C=O) groups is 2. The van der Waals surface area contributed by atoms with Crippen LogP contribution >= 0.6 is 0 Å². The van der Waals surface area contributed by atoms with E-state index in [1.54, 1.807) is 0 Å². The number of carboxylic acids is 1. The Morgan fingerprint density at radius 3 is 2.81 bits per heavy atom. The average Bonchev–Trinajstić information content (AvgIpc) is 2.70. The summed E-state index contributed by atoms with van der Waals surface area (Å²) in [5.41, 5.74) is 0. The molecule has 0 aromatic rings. The molecule has 0 aromatic heterocycles. The molecule has 5 heteroatoms. The Bertz CT molecular complexity index is 237. The Morgan fingerprint density at radius 1 is 1.38 bits per heavy atom. The van der Waals surface area contributed by atoms with Gasteiger partial charge in [-0.05, 0) is 32.2 Å². The van der Waals surface area contributed by atoms with Crippen LogP contribution in [0.3, 0.4) is 0 Å². The number of aliphatic carboxylic acids is 1. The average molecular weight is 228 g/mol. The van der Waals surface area contributed by atoms with E-state index in [2.05, 4.69) is 10.6 Å². The second kappa shape index (κ2) is 7.22. The van der Waals surface area contributed by atoms with Crippen LogP contribution in [0, 0.1) is 0 Å². The summed E-state index contributed by atoms with van der Waals surface area (Å²) in [7, 11) is 0. The van der Waals surface area contributed by atoms with E-state index in [9.17, 15) is 9.59 Å². The van der Waals surface area contributed by atoms with E-state index >= 15 is 0 Å². The third-order valence-corrected chi connectivity index (χ3v) is 2.77. The summed E-state index contributed by atoms with van der Waals surface area (Å²) in [4.78, 5) is 21.5. The number of nitrogens with one attached hydrogen (secondary N) is 2. The third-order valence-electron chi connectivity index (χ3n) is 2.77. The van der Waals surface area contributed by atoms with Crippen LogP contribution in [0.2, 0.25) is 0 Å². The van der Waals surface area contributed by atoms with Crippen molar-refractivity contribution in [3.63, 3.8) is 0 Å². The van der Waals surface area contributed by atoms with Gasteiger partial charge in [0.2, 0.25) is 5.91 Å². The Morgan fingerprint density at radius 2 is 2.19 bits per heavy atom. The summed E-state index contributed by atoms with van der Waals surface area (Å²) in [6.07, 6.45) is 4.17. The highest BCUT2D eigenvalue weighted by Crippen LogP contribution is 2.07. The molecule has 1 atom stereocenters. The second-order valence-corrected chi connectivity index (χ2v) is 4.18. The maximum atomic E-state index is 11.3. The van der Waals surface area contributed by atoms with Gasteiger partial charge in [-0.3, -0.25) is 9.59 Å². The first-order valence-corrected chi connectivity index (χ1v) is 5.90. The van der Waals surface area contributed by atoms with E-state index < -0.39 is 5.97 Å². The van der Waals surface area contributed by atoms with Crippen molar-refractivity contribution < 1.29 is 14.7 Å². The van der Waals surface area contributed by atoms with Crippen molar-refractivity contribution in [2.45, 2.75) is 44.6 Å². The largest absolute Gasteiger partial charge is 0.481 e. The van der Waals surface area contributed by atoms with E-state index in [1.165, 1.54) is 12.8 Å². The summed E-state index contributed by atoms with van der Waals surface area (Å²) >= 11 is 0. The highest BCUT2D eigenvalue weighted by Gasteiger charge is 2.13. The molecule has 5 nitrogen and oxygen atoms in total. The number of rotatable bonds is 7. The molecule has 0 unspecified atom stereocenters. The van der Waals surface area contributed by atoms with Gasteiger partial charge in [-0.15, -0.1) is 0 Å². The second-order valence-electron chi connectivity index (χ2n) is 4.18.